The van der Waals surface area contributed by atoms with Crippen molar-refractivity contribution in [1.29, 1.82) is 0 Å². The van der Waals surface area contributed by atoms with Gasteiger partial charge in [0.25, 0.3) is 0 Å². The van der Waals surface area contributed by atoms with E-state index in [9.17, 15) is 0 Å². The lowest BCUT2D eigenvalue weighted by atomic mass is 9.95. The molecule has 0 aromatic heterocycles. The summed E-state index contributed by atoms with van der Waals surface area (Å²) in [6, 6.07) is 0.576. The predicted octanol–water partition coefficient (Wildman–Crippen LogP) is 1.43. The predicted molar refractivity (Wildman–Crippen MR) is 74.4 cm³/mol. The summed E-state index contributed by atoms with van der Waals surface area (Å²) in [5.74, 6) is 4.14. The van der Waals surface area contributed by atoms with Crippen molar-refractivity contribution in [3.8, 4) is 0 Å². The van der Waals surface area contributed by atoms with Crippen molar-refractivity contribution in [2.75, 3.05) is 44.9 Å². The Labute approximate surface area is 109 Å². The van der Waals surface area contributed by atoms with Crippen molar-refractivity contribution in [1.82, 2.24) is 4.90 Å². The monoisotopic (exact) mass is 258 g/mol. The number of nitrogens with two attached hydrogens (primary N) is 1. The molecule has 100 valence electrons. The second-order valence-electron chi connectivity index (χ2n) is 5.45. The molecule has 4 heteroatoms. The Balaban J connectivity index is 1.80. The van der Waals surface area contributed by atoms with Gasteiger partial charge in [-0.05, 0) is 49.7 Å². The molecule has 2 rings (SSSR count). The average molecular weight is 258 g/mol. The maximum absolute atomic E-state index is 5.98. The van der Waals surface area contributed by atoms with Crippen LogP contribution in [0.1, 0.15) is 19.3 Å². The van der Waals surface area contributed by atoms with E-state index in [4.69, 9.17) is 10.5 Å². The number of nitrogens with zero attached hydrogens (tertiary/aromatic N) is 1. The Hall–Kier alpha value is 0.230. The summed E-state index contributed by atoms with van der Waals surface area (Å²) in [5.41, 5.74) is 5.98. The van der Waals surface area contributed by atoms with Crippen molar-refractivity contribution >= 4 is 11.8 Å². The van der Waals surface area contributed by atoms with Gasteiger partial charge in [0.15, 0.2) is 0 Å². The van der Waals surface area contributed by atoms with Gasteiger partial charge >= 0.3 is 0 Å². The van der Waals surface area contributed by atoms with Crippen LogP contribution in [0.2, 0.25) is 0 Å². The molecule has 17 heavy (non-hydrogen) atoms. The van der Waals surface area contributed by atoms with Gasteiger partial charge in [-0.15, -0.1) is 0 Å². The SMILES string of the molecule is CN(CC1CCCOC1)C(CN)C1CCSC1. The Morgan fingerprint density at radius 3 is 2.94 bits per heavy atom. The first-order chi connectivity index (χ1) is 8.31. The molecule has 0 saturated carbocycles. The highest BCUT2D eigenvalue weighted by Crippen LogP contribution is 2.28. The highest BCUT2D eigenvalue weighted by atomic mass is 32.2. The van der Waals surface area contributed by atoms with E-state index in [2.05, 4.69) is 23.7 Å². The van der Waals surface area contributed by atoms with Gasteiger partial charge in [-0.3, -0.25) is 0 Å². The molecule has 0 amide bonds. The van der Waals surface area contributed by atoms with E-state index >= 15 is 0 Å². The van der Waals surface area contributed by atoms with Gasteiger partial charge in [-0.1, -0.05) is 0 Å². The maximum atomic E-state index is 5.98. The Morgan fingerprint density at radius 1 is 1.47 bits per heavy atom. The van der Waals surface area contributed by atoms with Gasteiger partial charge in [0.2, 0.25) is 0 Å². The molecule has 2 saturated heterocycles. The van der Waals surface area contributed by atoms with Crippen LogP contribution in [0.25, 0.3) is 0 Å². The van der Waals surface area contributed by atoms with Crippen LogP contribution in [0.3, 0.4) is 0 Å². The van der Waals surface area contributed by atoms with Crippen molar-refractivity contribution in [2.45, 2.75) is 25.3 Å². The minimum absolute atomic E-state index is 0.576. The average Bonchev–Trinajstić information content (AvgIpc) is 2.85. The number of rotatable bonds is 5. The summed E-state index contributed by atoms with van der Waals surface area (Å²) in [6.45, 7) is 3.86. The smallest absolute Gasteiger partial charge is 0.0506 e. The highest BCUT2D eigenvalue weighted by Gasteiger charge is 2.28. The summed E-state index contributed by atoms with van der Waals surface area (Å²) in [6.07, 6.45) is 3.89. The molecule has 3 nitrogen and oxygen atoms in total. The summed E-state index contributed by atoms with van der Waals surface area (Å²) in [4.78, 5) is 2.50. The van der Waals surface area contributed by atoms with Crippen molar-refractivity contribution in [3.05, 3.63) is 0 Å². The molecule has 0 aromatic rings. The molecule has 3 atom stereocenters. The fourth-order valence-corrected chi connectivity index (χ4v) is 4.41. The third kappa shape index (κ3) is 3.85. The van der Waals surface area contributed by atoms with Crippen LogP contribution in [0.5, 0.6) is 0 Å². The lowest BCUT2D eigenvalue weighted by Gasteiger charge is -2.35. The summed E-state index contributed by atoms with van der Waals surface area (Å²) in [7, 11) is 2.25. The van der Waals surface area contributed by atoms with Crippen LogP contribution in [-0.4, -0.2) is 55.8 Å². The lowest BCUT2D eigenvalue weighted by molar-refractivity contribution is 0.0328. The minimum Gasteiger partial charge on any atom is -0.381 e. The van der Waals surface area contributed by atoms with Gasteiger partial charge in [-0.2, -0.15) is 11.8 Å². The zero-order valence-electron chi connectivity index (χ0n) is 10.9. The van der Waals surface area contributed by atoms with E-state index in [1.165, 1.54) is 30.8 Å². The standard InChI is InChI=1S/C13H26N2OS/c1-15(8-11-3-2-5-16-9-11)13(7-14)12-4-6-17-10-12/h11-13H,2-10,14H2,1H3. The van der Waals surface area contributed by atoms with Gasteiger partial charge in [-0.25, -0.2) is 0 Å². The van der Waals surface area contributed by atoms with Crippen molar-refractivity contribution in [3.63, 3.8) is 0 Å². The molecule has 2 aliphatic rings. The van der Waals surface area contributed by atoms with Crippen LogP contribution in [0.15, 0.2) is 0 Å². The first-order valence-corrected chi connectivity index (χ1v) is 8.02. The Kier molecular flexibility index (Phi) is 5.60. The largest absolute Gasteiger partial charge is 0.381 e. The molecular weight excluding hydrogens is 232 g/mol. The molecule has 0 bridgehead atoms. The van der Waals surface area contributed by atoms with Crippen LogP contribution in [0, 0.1) is 11.8 Å². The lowest BCUT2D eigenvalue weighted by Crippen LogP contribution is -2.46. The van der Waals surface area contributed by atoms with E-state index in [-0.39, 0.29) is 0 Å². The summed E-state index contributed by atoms with van der Waals surface area (Å²) in [5, 5.41) is 0. The highest BCUT2D eigenvalue weighted by molar-refractivity contribution is 7.99. The van der Waals surface area contributed by atoms with Gasteiger partial charge in [0.1, 0.15) is 0 Å². The Bertz CT molecular complexity index is 215. The van der Waals surface area contributed by atoms with Crippen LogP contribution < -0.4 is 5.73 Å². The van der Waals surface area contributed by atoms with E-state index in [0.29, 0.717) is 6.04 Å². The number of thioether (sulfide) groups is 1. The second-order valence-corrected chi connectivity index (χ2v) is 6.60. The molecule has 0 spiro atoms. The number of likely N-dealkylation sites (N-methyl/N-ethyl adjacent to an activating group) is 1. The van der Waals surface area contributed by atoms with E-state index in [0.717, 1.165) is 38.1 Å². The molecule has 0 aliphatic carbocycles. The topological polar surface area (TPSA) is 38.5 Å². The van der Waals surface area contributed by atoms with Gasteiger partial charge < -0.3 is 15.4 Å². The summed E-state index contributed by atoms with van der Waals surface area (Å²) < 4.78 is 5.56. The van der Waals surface area contributed by atoms with E-state index < -0.39 is 0 Å². The molecule has 2 fully saturated rings. The zero-order valence-corrected chi connectivity index (χ0v) is 11.8. The van der Waals surface area contributed by atoms with Gasteiger partial charge in [0.05, 0.1) is 6.61 Å². The van der Waals surface area contributed by atoms with Crippen molar-refractivity contribution in [2.24, 2.45) is 17.6 Å². The van der Waals surface area contributed by atoms with Crippen LogP contribution in [0.4, 0.5) is 0 Å². The van der Waals surface area contributed by atoms with Crippen LogP contribution in [-0.2, 0) is 4.74 Å². The molecular formula is C13H26N2OS. The zero-order chi connectivity index (χ0) is 12.1. The minimum atomic E-state index is 0.576. The number of hydrogen-bond acceptors (Lipinski definition) is 4. The summed E-state index contributed by atoms with van der Waals surface area (Å²) >= 11 is 2.08. The first-order valence-electron chi connectivity index (χ1n) is 6.87. The molecule has 2 aliphatic heterocycles. The molecule has 3 unspecified atom stereocenters. The fraction of sp³-hybridized carbons (Fsp3) is 1.00. The number of ether oxygens (including phenoxy) is 1. The maximum Gasteiger partial charge on any atom is 0.0506 e. The quantitative estimate of drug-likeness (QED) is 0.809. The first kappa shape index (κ1) is 13.7. The third-order valence-corrected chi connectivity index (χ3v) is 5.31. The van der Waals surface area contributed by atoms with E-state index in [1.54, 1.807) is 0 Å². The number of hydrogen-bond donors (Lipinski definition) is 1. The molecule has 0 radical (unpaired) electrons. The third-order valence-electron chi connectivity index (χ3n) is 4.12. The fourth-order valence-electron chi connectivity index (χ4n) is 3.08. The molecule has 0 aromatic carbocycles. The van der Waals surface area contributed by atoms with Crippen LogP contribution >= 0.6 is 11.8 Å². The van der Waals surface area contributed by atoms with E-state index in [1.807, 2.05) is 0 Å². The van der Waals surface area contributed by atoms with Gasteiger partial charge in [0, 0.05) is 25.7 Å². The van der Waals surface area contributed by atoms with Crippen molar-refractivity contribution < 1.29 is 4.74 Å². The Morgan fingerprint density at radius 2 is 2.35 bits per heavy atom. The second kappa shape index (κ2) is 6.98. The molecule has 2 N–H and O–H groups in total. The molecule has 2 heterocycles. The normalized spacial score (nSPS) is 31.9.